The highest BCUT2D eigenvalue weighted by Crippen LogP contribution is 2.30. The number of nitrogens with one attached hydrogen (secondary N) is 1. The summed E-state index contributed by atoms with van der Waals surface area (Å²) in [7, 11) is 0. The van der Waals surface area contributed by atoms with Gasteiger partial charge >= 0.3 is 6.18 Å². The predicted molar refractivity (Wildman–Crippen MR) is 88.0 cm³/mol. The van der Waals surface area contributed by atoms with E-state index in [9.17, 15) is 18.3 Å². The number of hydrogen-bond acceptors (Lipinski definition) is 6. The molecule has 130 valence electrons. The van der Waals surface area contributed by atoms with E-state index >= 15 is 0 Å². The van der Waals surface area contributed by atoms with Crippen molar-refractivity contribution in [2.45, 2.75) is 12.3 Å². The average Bonchev–Trinajstić information content (AvgIpc) is 3.14. The van der Waals surface area contributed by atoms with Gasteiger partial charge in [-0.1, -0.05) is 0 Å². The largest absolute Gasteiger partial charge is 0.433 e. The van der Waals surface area contributed by atoms with Crippen LogP contribution in [0.3, 0.4) is 0 Å². The highest BCUT2D eigenvalue weighted by molar-refractivity contribution is 7.07. The summed E-state index contributed by atoms with van der Waals surface area (Å²) in [4.78, 5) is 11.5. The van der Waals surface area contributed by atoms with E-state index in [2.05, 4.69) is 20.3 Å². The van der Waals surface area contributed by atoms with Crippen LogP contribution in [0.2, 0.25) is 0 Å². The lowest BCUT2D eigenvalue weighted by molar-refractivity contribution is -0.141. The van der Waals surface area contributed by atoms with E-state index in [1.165, 1.54) is 23.7 Å². The van der Waals surface area contributed by atoms with E-state index < -0.39 is 18.0 Å². The minimum atomic E-state index is -4.61. The summed E-state index contributed by atoms with van der Waals surface area (Å²) in [6.45, 7) is 0.0253. The van der Waals surface area contributed by atoms with Gasteiger partial charge in [0.2, 0.25) is 0 Å². The van der Waals surface area contributed by atoms with Gasteiger partial charge in [0.1, 0.15) is 5.82 Å². The van der Waals surface area contributed by atoms with Crippen molar-refractivity contribution in [3.63, 3.8) is 0 Å². The summed E-state index contributed by atoms with van der Waals surface area (Å²) >= 11 is 1.43. The van der Waals surface area contributed by atoms with Gasteiger partial charge < -0.3 is 10.4 Å². The van der Waals surface area contributed by atoms with E-state index in [4.69, 9.17) is 0 Å². The third-order valence-corrected chi connectivity index (χ3v) is 4.04. The van der Waals surface area contributed by atoms with Crippen LogP contribution in [0.5, 0.6) is 0 Å². The quantitative estimate of drug-likeness (QED) is 0.719. The van der Waals surface area contributed by atoms with Crippen LogP contribution in [-0.4, -0.2) is 26.6 Å². The minimum Gasteiger partial charge on any atom is -0.387 e. The SMILES string of the molecule is OC(CNc1cc(C(F)(F)F)nc(-c2cccnc2)n1)c1ccsc1. The number of alkyl halides is 3. The molecule has 5 nitrogen and oxygen atoms in total. The number of hydrogen-bond donors (Lipinski definition) is 2. The first kappa shape index (κ1) is 17.3. The van der Waals surface area contributed by atoms with Crippen LogP contribution in [0.4, 0.5) is 19.0 Å². The van der Waals surface area contributed by atoms with Crippen LogP contribution >= 0.6 is 11.3 Å². The van der Waals surface area contributed by atoms with Crippen LogP contribution in [0, 0.1) is 0 Å². The molecule has 3 rings (SSSR count). The molecule has 9 heteroatoms. The maximum absolute atomic E-state index is 13.1. The topological polar surface area (TPSA) is 70.9 Å². The van der Waals surface area contributed by atoms with Crippen molar-refractivity contribution in [2.75, 3.05) is 11.9 Å². The molecular formula is C16H13F3N4OS. The molecule has 0 bridgehead atoms. The fourth-order valence-electron chi connectivity index (χ4n) is 2.09. The number of thiophene rings is 1. The number of pyridine rings is 1. The van der Waals surface area contributed by atoms with Crippen molar-refractivity contribution >= 4 is 17.2 Å². The molecule has 1 atom stereocenters. The summed E-state index contributed by atoms with van der Waals surface area (Å²) in [5.74, 6) is -0.106. The standard InChI is InChI=1S/C16H13F3N4OS/c17-16(18,19)13-6-14(21-8-12(24)11-3-5-25-9-11)23-15(22-13)10-2-1-4-20-7-10/h1-7,9,12,24H,8H2,(H,21,22,23). The minimum absolute atomic E-state index is 0.0181. The van der Waals surface area contributed by atoms with Gasteiger partial charge in [0.15, 0.2) is 11.5 Å². The summed E-state index contributed by atoms with van der Waals surface area (Å²) in [5.41, 5.74) is -0.000932. The van der Waals surface area contributed by atoms with Gasteiger partial charge in [-0.25, -0.2) is 9.97 Å². The van der Waals surface area contributed by atoms with Crippen LogP contribution in [0.25, 0.3) is 11.4 Å². The molecule has 0 saturated carbocycles. The normalized spacial score (nSPS) is 12.8. The lowest BCUT2D eigenvalue weighted by Gasteiger charge is -2.14. The maximum atomic E-state index is 13.1. The summed E-state index contributed by atoms with van der Waals surface area (Å²) in [6.07, 6.45) is -2.56. The highest BCUT2D eigenvalue weighted by atomic mass is 32.1. The number of aliphatic hydroxyl groups excluding tert-OH is 1. The predicted octanol–water partition coefficient (Wildman–Crippen LogP) is 3.76. The molecule has 0 aliphatic rings. The number of aliphatic hydroxyl groups is 1. The van der Waals surface area contributed by atoms with Gasteiger partial charge in [-0.15, -0.1) is 0 Å². The fourth-order valence-corrected chi connectivity index (χ4v) is 2.80. The van der Waals surface area contributed by atoms with Crippen molar-refractivity contribution in [1.29, 1.82) is 0 Å². The third-order valence-electron chi connectivity index (χ3n) is 3.34. The molecule has 0 spiro atoms. The molecule has 0 saturated heterocycles. The molecule has 0 amide bonds. The number of halogens is 3. The van der Waals surface area contributed by atoms with Crippen LogP contribution in [0.15, 0.2) is 47.4 Å². The average molecular weight is 366 g/mol. The highest BCUT2D eigenvalue weighted by Gasteiger charge is 2.34. The monoisotopic (exact) mass is 366 g/mol. The van der Waals surface area contributed by atoms with Gasteiger partial charge in [-0.2, -0.15) is 24.5 Å². The lowest BCUT2D eigenvalue weighted by Crippen LogP contribution is -2.15. The number of anilines is 1. The van der Waals surface area contributed by atoms with Gasteiger partial charge in [-0.3, -0.25) is 4.98 Å². The second kappa shape index (κ2) is 7.16. The van der Waals surface area contributed by atoms with Gasteiger partial charge in [0, 0.05) is 30.6 Å². The maximum Gasteiger partial charge on any atom is 0.433 e. The van der Waals surface area contributed by atoms with E-state index in [1.54, 1.807) is 23.6 Å². The van der Waals surface area contributed by atoms with Crippen LogP contribution in [-0.2, 0) is 6.18 Å². The summed E-state index contributed by atoms with van der Waals surface area (Å²) in [5, 5.41) is 16.4. The Morgan fingerprint density at radius 3 is 2.72 bits per heavy atom. The van der Waals surface area contributed by atoms with Crippen LogP contribution < -0.4 is 5.32 Å². The zero-order valence-electron chi connectivity index (χ0n) is 12.7. The van der Waals surface area contributed by atoms with Crippen molar-refractivity contribution in [3.05, 3.63) is 58.7 Å². The molecule has 1 unspecified atom stereocenters. The first-order valence-corrected chi connectivity index (χ1v) is 8.18. The zero-order chi connectivity index (χ0) is 17.9. The Labute approximate surface area is 145 Å². The second-order valence-electron chi connectivity index (χ2n) is 5.15. The Balaban J connectivity index is 1.87. The molecule has 3 heterocycles. The lowest BCUT2D eigenvalue weighted by atomic mass is 10.2. The molecule has 0 aliphatic carbocycles. The van der Waals surface area contributed by atoms with Crippen molar-refractivity contribution in [1.82, 2.24) is 15.0 Å². The molecule has 3 aromatic rings. The number of nitrogens with zero attached hydrogens (tertiary/aromatic N) is 3. The van der Waals surface area contributed by atoms with Crippen molar-refractivity contribution in [3.8, 4) is 11.4 Å². The van der Waals surface area contributed by atoms with Gasteiger partial charge in [0.25, 0.3) is 0 Å². The van der Waals surface area contributed by atoms with Crippen molar-refractivity contribution in [2.24, 2.45) is 0 Å². The Bertz CT molecular complexity index is 825. The molecular weight excluding hydrogens is 353 g/mol. The first-order chi connectivity index (χ1) is 11.9. The second-order valence-corrected chi connectivity index (χ2v) is 5.93. The number of aromatic nitrogens is 3. The molecule has 0 fully saturated rings. The zero-order valence-corrected chi connectivity index (χ0v) is 13.6. The third kappa shape index (κ3) is 4.31. The van der Waals surface area contributed by atoms with Crippen molar-refractivity contribution < 1.29 is 18.3 Å². The summed E-state index contributed by atoms with van der Waals surface area (Å²) < 4.78 is 39.3. The molecule has 0 aromatic carbocycles. The molecule has 0 radical (unpaired) electrons. The Kier molecular flexibility index (Phi) is 4.95. The smallest absolute Gasteiger partial charge is 0.387 e. The van der Waals surface area contributed by atoms with Crippen LogP contribution in [0.1, 0.15) is 17.4 Å². The number of rotatable bonds is 5. The summed E-state index contributed by atoms with van der Waals surface area (Å²) in [6, 6.07) is 5.73. The van der Waals surface area contributed by atoms with Gasteiger partial charge in [-0.05, 0) is 34.5 Å². The fraction of sp³-hybridized carbons (Fsp3) is 0.188. The van der Waals surface area contributed by atoms with E-state index in [0.29, 0.717) is 11.1 Å². The van der Waals surface area contributed by atoms with E-state index in [0.717, 1.165) is 6.07 Å². The van der Waals surface area contributed by atoms with E-state index in [-0.39, 0.29) is 18.2 Å². The molecule has 2 N–H and O–H groups in total. The van der Waals surface area contributed by atoms with Gasteiger partial charge in [0.05, 0.1) is 6.10 Å². The molecule has 0 aliphatic heterocycles. The first-order valence-electron chi connectivity index (χ1n) is 7.24. The molecule has 3 aromatic heterocycles. The Hall–Kier alpha value is -2.52. The Morgan fingerprint density at radius 1 is 1.24 bits per heavy atom. The van der Waals surface area contributed by atoms with E-state index in [1.807, 2.05) is 5.38 Å². The molecule has 25 heavy (non-hydrogen) atoms. The Morgan fingerprint density at radius 2 is 2.08 bits per heavy atom.